The normalized spacial score (nSPS) is 23.2. The zero-order valence-corrected chi connectivity index (χ0v) is 18.7. The van der Waals surface area contributed by atoms with E-state index in [0.717, 1.165) is 49.2 Å². The number of halogens is 1. The summed E-state index contributed by atoms with van der Waals surface area (Å²) in [5.41, 5.74) is 2.08. The Labute approximate surface area is 185 Å². The Kier molecular flexibility index (Phi) is 7.16. The maximum Gasteiger partial charge on any atom is 0.126 e. The van der Waals surface area contributed by atoms with Crippen molar-refractivity contribution in [2.24, 2.45) is 11.8 Å². The molecule has 2 aliphatic carbocycles. The van der Waals surface area contributed by atoms with Gasteiger partial charge in [-0.3, -0.25) is 0 Å². The summed E-state index contributed by atoms with van der Waals surface area (Å²) in [6, 6.07) is 13.5. The summed E-state index contributed by atoms with van der Waals surface area (Å²) in [7, 11) is 1.62. The highest BCUT2D eigenvalue weighted by Crippen LogP contribution is 2.45. The number of hydrogen-bond donors (Lipinski definition) is 1. The molecule has 2 atom stereocenters. The molecule has 2 fully saturated rings. The first-order valence-electron chi connectivity index (χ1n) is 11.8. The molecular weight excluding hydrogens is 391 g/mol. The van der Waals surface area contributed by atoms with Crippen LogP contribution in [0.3, 0.4) is 0 Å². The Balaban J connectivity index is 1.31. The number of hydrogen-bond acceptors (Lipinski definition) is 3. The van der Waals surface area contributed by atoms with E-state index >= 15 is 0 Å². The fraction of sp³-hybridized carbons (Fsp3) is 0.556. The summed E-state index contributed by atoms with van der Waals surface area (Å²) in [5, 5.41) is 9.89. The topological polar surface area (TPSA) is 38.7 Å². The number of rotatable bonds is 9. The molecule has 0 bridgehead atoms. The summed E-state index contributed by atoms with van der Waals surface area (Å²) in [6.07, 6.45) is 7.13. The third-order valence-corrected chi connectivity index (χ3v) is 7.05. The summed E-state index contributed by atoms with van der Waals surface area (Å²) in [6.45, 7) is 2.59. The molecule has 0 spiro atoms. The summed E-state index contributed by atoms with van der Waals surface area (Å²) in [5.74, 6) is 3.42. The van der Waals surface area contributed by atoms with E-state index in [1.165, 1.54) is 24.5 Å². The summed E-state index contributed by atoms with van der Waals surface area (Å²) < 4.78 is 25.8. The van der Waals surface area contributed by atoms with Gasteiger partial charge in [0, 0.05) is 0 Å². The van der Waals surface area contributed by atoms with Crippen molar-refractivity contribution in [1.29, 1.82) is 0 Å². The lowest BCUT2D eigenvalue weighted by atomic mass is 9.79. The molecule has 0 saturated heterocycles. The van der Waals surface area contributed by atoms with E-state index in [1.807, 2.05) is 19.1 Å². The average molecular weight is 427 g/mol. The van der Waals surface area contributed by atoms with Crippen LogP contribution in [-0.4, -0.2) is 24.9 Å². The second-order valence-corrected chi connectivity index (χ2v) is 9.52. The second-order valence-electron chi connectivity index (χ2n) is 9.52. The van der Waals surface area contributed by atoms with Crippen LogP contribution in [0.25, 0.3) is 0 Å². The monoisotopic (exact) mass is 426 g/mol. The molecule has 2 aromatic rings. The Hall–Kier alpha value is -2.07. The minimum Gasteiger partial charge on any atom is -0.497 e. The number of methoxy groups -OCH3 is 1. The molecule has 31 heavy (non-hydrogen) atoms. The summed E-state index contributed by atoms with van der Waals surface area (Å²) in [4.78, 5) is 0. The van der Waals surface area contributed by atoms with Gasteiger partial charge in [-0.2, -0.15) is 0 Å². The van der Waals surface area contributed by atoms with Gasteiger partial charge in [0.2, 0.25) is 0 Å². The second kappa shape index (κ2) is 10.0. The molecule has 3 nitrogen and oxygen atoms in total. The first kappa shape index (κ1) is 22.1. The molecule has 2 saturated carbocycles. The standard InChI is InChI=1S/C27H35FO3/c1-18(29)14-25(20-10-11-20)22-4-3-5-24(15-22)31-17-19-6-8-21(9-7-19)26-16-23(30-2)12-13-27(26)28/h3-5,12-13,15-16,18-21,25,29H,6-11,14,17H2,1-2H3. The smallest absolute Gasteiger partial charge is 0.126 e. The molecule has 2 unspecified atom stereocenters. The SMILES string of the molecule is COc1ccc(F)c(C2CCC(COc3cccc(C(CC(C)O)C4CC4)c3)CC2)c1. The van der Waals surface area contributed by atoms with Crippen LogP contribution in [0.5, 0.6) is 11.5 Å². The molecule has 0 aromatic heterocycles. The maximum atomic E-state index is 14.3. The van der Waals surface area contributed by atoms with Crippen LogP contribution in [0, 0.1) is 17.7 Å². The largest absolute Gasteiger partial charge is 0.497 e. The van der Waals surface area contributed by atoms with E-state index in [0.29, 0.717) is 24.4 Å². The Bertz CT molecular complexity index is 853. The molecule has 0 amide bonds. The van der Waals surface area contributed by atoms with Gasteiger partial charge in [0.1, 0.15) is 17.3 Å². The lowest BCUT2D eigenvalue weighted by molar-refractivity contribution is 0.170. The third kappa shape index (κ3) is 5.79. The quantitative estimate of drug-likeness (QED) is 0.501. The van der Waals surface area contributed by atoms with Gasteiger partial charge in [-0.1, -0.05) is 12.1 Å². The van der Waals surface area contributed by atoms with Crippen molar-refractivity contribution in [2.75, 3.05) is 13.7 Å². The summed E-state index contributed by atoms with van der Waals surface area (Å²) >= 11 is 0. The molecule has 2 aliphatic rings. The number of ether oxygens (including phenoxy) is 2. The minimum atomic E-state index is -0.278. The predicted molar refractivity (Wildman–Crippen MR) is 121 cm³/mol. The molecular formula is C27H35FO3. The van der Waals surface area contributed by atoms with Gasteiger partial charge in [-0.25, -0.2) is 4.39 Å². The third-order valence-electron chi connectivity index (χ3n) is 7.05. The lowest BCUT2D eigenvalue weighted by Gasteiger charge is -2.29. The first-order valence-corrected chi connectivity index (χ1v) is 11.8. The average Bonchev–Trinajstić information content (AvgIpc) is 3.62. The highest BCUT2D eigenvalue weighted by Gasteiger charge is 2.33. The van der Waals surface area contributed by atoms with E-state index in [-0.39, 0.29) is 17.8 Å². The first-order chi connectivity index (χ1) is 15.0. The van der Waals surface area contributed by atoms with E-state index in [1.54, 1.807) is 13.2 Å². The van der Waals surface area contributed by atoms with Gasteiger partial charge in [0.15, 0.2) is 0 Å². The lowest BCUT2D eigenvalue weighted by Crippen LogP contribution is -2.20. The highest BCUT2D eigenvalue weighted by molar-refractivity contribution is 5.33. The van der Waals surface area contributed by atoms with E-state index < -0.39 is 0 Å². The van der Waals surface area contributed by atoms with Crippen LogP contribution in [0.15, 0.2) is 42.5 Å². The minimum absolute atomic E-state index is 0.125. The van der Waals surface area contributed by atoms with Crippen molar-refractivity contribution in [2.45, 2.75) is 69.8 Å². The van der Waals surface area contributed by atoms with Crippen molar-refractivity contribution in [3.8, 4) is 11.5 Å². The van der Waals surface area contributed by atoms with Gasteiger partial charge in [0.25, 0.3) is 0 Å². The molecule has 2 aromatic carbocycles. The van der Waals surface area contributed by atoms with Gasteiger partial charge < -0.3 is 14.6 Å². The maximum absolute atomic E-state index is 14.3. The van der Waals surface area contributed by atoms with Crippen molar-refractivity contribution in [3.63, 3.8) is 0 Å². The molecule has 4 heteroatoms. The van der Waals surface area contributed by atoms with Crippen LogP contribution >= 0.6 is 0 Å². The molecule has 168 valence electrons. The zero-order valence-electron chi connectivity index (χ0n) is 18.7. The van der Waals surface area contributed by atoms with Crippen molar-refractivity contribution in [1.82, 2.24) is 0 Å². The molecule has 0 heterocycles. The Morgan fingerprint density at radius 1 is 1.00 bits per heavy atom. The van der Waals surface area contributed by atoms with Crippen LogP contribution < -0.4 is 9.47 Å². The van der Waals surface area contributed by atoms with Crippen LogP contribution in [-0.2, 0) is 0 Å². The number of aliphatic hydroxyl groups excluding tert-OH is 1. The van der Waals surface area contributed by atoms with Crippen LogP contribution in [0.1, 0.15) is 74.8 Å². The Morgan fingerprint density at radius 2 is 1.77 bits per heavy atom. The number of benzene rings is 2. The Morgan fingerprint density at radius 3 is 2.45 bits per heavy atom. The van der Waals surface area contributed by atoms with Crippen molar-refractivity contribution >= 4 is 0 Å². The zero-order chi connectivity index (χ0) is 21.8. The van der Waals surface area contributed by atoms with Gasteiger partial charge in [-0.15, -0.1) is 0 Å². The van der Waals surface area contributed by atoms with Crippen LogP contribution in [0.2, 0.25) is 0 Å². The van der Waals surface area contributed by atoms with Crippen molar-refractivity contribution in [3.05, 3.63) is 59.4 Å². The predicted octanol–water partition coefficient (Wildman–Crippen LogP) is 6.45. The van der Waals surface area contributed by atoms with Gasteiger partial charge in [-0.05, 0) is 117 Å². The molecule has 0 aliphatic heterocycles. The fourth-order valence-electron chi connectivity index (χ4n) is 5.12. The van der Waals surface area contributed by atoms with E-state index in [4.69, 9.17) is 9.47 Å². The highest BCUT2D eigenvalue weighted by atomic mass is 19.1. The van der Waals surface area contributed by atoms with E-state index in [2.05, 4.69) is 18.2 Å². The van der Waals surface area contributed by atoms with Gasteiger partial charge >= 0.3 is 0 Å². The molecule has 4 rings (SSSR count). The molecule has 1 N–H and O–H groups in total. The van der Waals surface area contributed by atoms with E-state index in [9.17, 15) is 9.50 Å². The fourth-order valence-corrected chi connectivity index (χ4v) is 5.12. The molecule has 0 radical (unpaired) electrons. The van der Waals surface area contributed by atoms with Gasteiger partial charge in [0.05, 0.1) is 19.8 Å². The van der Waals surface area contributed by atoms with Crippen LogP contribution in [0.4, 0.5) is 4.39 Å². The van der Waals surface area contributed by atoms with Crippen molar-refractivity contribution < 1.29 is 19.0 Å². The number of aliphatic hydroxyl groups is 1.